The maximum Gasteiger partial charge on any atom is 0.407 e. The zero-order valence-electron chi connectivity index (χ0n) is 18.6. The Morgan fingerprint density at radius 1 is 1.03 bits per heavy atom. The molecule has 3 aromatic rings. The number of carbonyl (C=O) groups excluding carboxylic acids is 1. The number of fused-ring (bicyclic) bond motifs is 3. The van der Waals surface area contributed by atoms with Crippen LogP contribution in [0, 0.1) is 0 Å². The Bertz CT molecular complexity index is 1340. The number of halogens is 1. The Hall–Kier alpha value is -3.92. The summed E-state index contributed by atoms with van der Waals surface area (Å²) in [6.45, 7) is -0.00101. The number of methoxy groups -OCH3 is 1. The molecule has 0 aliphatic heterocycles. The SMILES string of the molecule is COc1ccc(CC(NC(=O)OCC2c3ccccc3-c3ccccc32)C(=O)O)cc1S(=O)(=O)F. The fraction of sp³-hybridized carbons (Fsp3) is 0.200. The minimum atomic E-state index is -5.10. The summed E-state index contributed by atoms with van der Waals surface area (Å²) in [4.78, 5) is 23.5. The molecule has 3 aromatic carbocycles. The van der Waals surface area contributed by atoms with Gasteiger partial charge in [-0.1, -0.05) is 54.6 Å². The highest BCUT2D eigenvalue weighted by atomic mass is 32.3. The smallest absolute Gasteiger partial charge is 0.407 e. The van der Waals surface area contributed by atoms with E-state index in [1.165, 1.54) is 19.2 Å². The molecule has 0 aromatic heterocycles. The van der Waals surface area contributed by atoms with E-state index in [0.717, 1.165) is 28.3 Å². The van der Waals surface area contributed by atoms with Crippen molar-refractivity contribution in [3.05, 3.63) is 83.4 Å². The van der Waals surface area contributed by atoms with E-state index in [1.807, 2.05) is 48.5 Å². The van der Waals surface area contributed by atoms with Crippen LogP contribution in [0.25, 0.3) is 11.1 Å². The van der Waals surface area contributed by atoms with Crippen molar-refractivity contribution in [1.82, 2.24) is 5.32 Å². The second-order valence-corrected chi connectivity index (χ2v) is 9.30. The summed E-state index contributed by atoms with van der Waals surface area (Å²) in [7, 11) is -3.92. The van der Waals surface area contributed by atoms with Gasteiger partial charge in [0.2, 0.25) is 0 Å². The molecule has 35 heavy (non-hydrogen) atoms. The summed E-state index contributed by atoms with van der Waals surface area (Å²) in [6.07, 6.45) is -1.24. The van der Waals surface area contributed by atoms with E-state index in [1.54, 1.807) is 0 Å². The Morgan fingerprint density at radius 3 is 2.17 bits per heavy atom. The minimum Gasteiger partial charge on any atom is -0.495 e. The first kappa shape index (κ1) is 24.2. The van der Waals surface area contributed by atoms with E-state index in [0.29, 0.717) is 0 Å². The second kappa shape index (κ2) is 9.75. The number of ether oxygens (including phenoxy) is 2. The minimum absolute atomic E-state index is 0.00101. The highest BCUT2D eigenvalue weighted by Crippen LogP contribution is 2.44. The number of hydrogen-bond donors (Lipinski definition) is 2. The number of carboxylic acids is 1. The Labute approximate surface area is 201 Å². The van der Waals surface area contributed by atoms with E-state index in [4.69, 9.17) is 9.47 Å². The lowest BCUT2D eigenvalue weighted by molar-refractivity contribution is -0.139. The molecule has 0 radical (unpaired) electrons. The predicted octanol–water partition coefficient (Wildman–Crippen LogP) is 3.89. The molecule has 0 bridgehead atoms. The van der Waals surface area contributed by atoms with Gasteiger partial charge in [-0.3, -0.25) is 0 Å². The third-order valence-corrected chi connectivity index (χ3v) is 6.71. The molecule has 2 N–H and O–H groups in total. The van der Waals surface area contributed by atoms with Gasteiger partial charge in [-0.15, -0.1) is 3.89 Å². The van der Waals surface area contributed by atoms with Gasteiger partial charge in [0, 0.05) is 12.3 Å². The number of hydrogen-bond acceptors (Lipinski definition) is 6. The molecule has 0 saturated carbocycles. The van der Waals surface area contributed by atoms with Crippen molar-refractivity contribution in [3.63, 3.8) is 0 Å². The third kappa shape index (κ3) is 5.12. The van der Waals surface area contributed by atoms with Gasteiger partial charge >= 0.3 is 22.3 Å². The van der Waals surface area contributed by atoms with Crippen molar-refractivity contribution in [3.8, 4) is 16.9 Å². The number of amides is 1. The largest absolute Gasteiger partial charge is 0.495 e. The van der Waals surface area contributed by atoms with Crippen LogP contribution in [-0.2, 0) is 26.2 Å². The van der Waals surface area contributed by atoms with E-state index in [-0.39, 0.29) is 30.3 Å². The van der Waals surface area contributed by atoms with Crippen molar-refractivity contribution in [2.24, 2.45) is 0 Å². The quantitative estimate of drug-likeness (QED) is 0.452. The number of alkyl carbamates (subject to hydrolysis) is 1. The summed E-state index contributed by atoms with van der Waals surface area (Å²) in [6, 6.07) is 17.7. The van der Waals surface area contributed by atoms with E-state index in [2.05, 4.69) is 5.32 Å². The van der Waals surface area contributed by atoms with Crippen LogP contribution >= 0.6 is 0 Å². The molecule has 1 atom stereocenters. The van der Waals surface area contributed by atoms with Crippen molar-refractivity contribution in [1.29, 1.82) is 0 Å². The summed E-state index contributed by atoms with van der Waals surface area (Å²) >= 11 is 0. The topological polar surface area (TPSA) is 119 Å². The van der Waals surface area contributed by atoms with Crippen LogP contribution in [-0.4, -0.2) is 45.3 Å². The molecule has 1 aliphatic rings. The first-order valence-corrected chi connectivity index (χ1v) is 12.0. The first-order valence-electron chi connectivity index (χ1n) is 10.6. The molecule has 10 heteroatoms. The summed E-state index contributed by atoms with van der Waals surface area (Å²) in [5.74, 6) is -1.78. The summed E-state index contributed by atoms with van der Waals surface area (Å²) in [5, 5.41) is 11.9. The standard InChI is InChI=1S/C25H22FNO7S/c1-33-22-11-10-15(13-23(22)35(26,31)32)12-21(24(28)29)27-25(30)34-14-20-18-8-4-2-6-16(18)17-7-3-5-9-19(17)20/h2-11,13,20-21H,12,14H2,1H3,(H,27,30)(H,28,29). The highest BCUT2D eigenvalue weighted by molar-refractivity contribution is 7.86. The van der Waals surface area contributed by atoms with Crippen LogP contribution in [0.3, 0.4) is 0 Å². The van der Waals surface area contributed by atoms with Gasteiger partial charge in [-0.05, 0) is 39.9 Å². The molecule has 0 saturated heterocycles. The van der Waals surface area contributed by atoms with Crippen LogP contribution < -0.4 is 10.1 Å². The Balaban J connectivity index is 1.46. The van der Waals surface area contributed by atoms with Crippen LogP contribution in [0.1, 0.15) is 22.6 Å². The summed E-state index contributed by atoms with van der Waals surface area (Å²) < 4.78 is 46.6. The lowest BCUT2D eigenvalue weighted by Crippen LogP contribution is -2.42. The number of carboxylic acid groups (broad SMARTS) is 1. The van der Waals surface area contributed by atoms with Gasteiger partial charge < -0.3 is 19.9 Å². The number of rotatable bonds is 8. The zero-order chi connectivity index (χ0) is 25.2. The van der Waals surface area contributed by atoms with Gasteiger partial charge in [0.15, 0.2) is 0 Å². The average molecular weight is 500 g/mol. The second-order valence-electron chi connectivity index (χ2n) is 7.99. The molecular weight excluding hydrogens is 477 g/mol. The Morgan fingerprint density at radius 2 is 1.63 bits per heavy atom. The normalized spacial score (nSPS) is 13.4. The van der Waals surface area contributed by atoms with E-state index >= 15 is 0 Å². The number of benzene rings is 3. The zero-order valence-corrected chi connectivity index (χ0v) is 19.4. The number of aliphatic carboxylic acids is 1. The molecule has 1 aliphatic carbocycles. The Kier molecular flexibility index (Phi) is 6.74. The van der Waals surface area contributed by atoms with E-state index in [9.17, 15) is 27.0 Å². The molecule has 8 nitrogen and oxygen atoms in total. The maximum absolute atomic E-state index is 13.6. The fourth-order valence-electron chi connectivity index (χ4n) is 4.26. The number of carbonyl (C=O) groups is 2. The van der Waals surface area contributed by atoms with Crippen molar-refractivity contribution < 1.29 is 36.5 Å². The summed E-state index contributed by atoms with van der Waals surface area (Å²) in [5.41, 5.74) is 4.30. The molecule has 182 valence electrons. The lowest BCUT2D eigenvalue weighted by atomic mass is 9.98. The van der Waals surface area contributed by atoms with Gasteiger partial charge in [0.1, 0.15) is 23.3 Å². The molecule has 0 spiro atoms. The van der Waals surface area contributed by atoms with Crippen molar-refractivity contribution in [2.75, 3.05) is 13.7 Å². The van der Waals surface area contributed by atoms with Gasteiger partial charge in [0.05, 0.1) is 7.11 Å². The molecule has 0 fully saturated rings. The molecule has 0 heterocycles. The fourth-order valence-corrected chi connectivity index (χ4v) is 4.94. The highest BCUT2D eigenvalue weighted by Gasteiger charge is 2.30. The average Bonchev–Trinajstić information content (AvgIpc) is 3.15. The first-order chi connectivity index (χ1) is 16.7. The van der Waals surface area contributed by atoms with Crippen LogP contribution in [0.2, 0.25) is 0 Å². The maximum atomic E-state index is 13.6. The van der Waals surface area contributed by atoms with Crippen molar-refractivity contribution >= 4 is 22.3 Å². The molecule has 4 rings (SSSR count). The molecule has 1 amide bonds. The van der Waals surface area contributed by atoms with Crippen LogP contribution in [0.4, 0.5) is 8.68 Å². The van der Waals surface area contributed by atoms with Gasteiger partial charge in [-0.2, -0.15) is 8.42 Å². The number of nitrogens with one attached hydrogen (secondary N) is 1. The van der Waals surface area contributed by atoms with E-state index < -0.39 is 33.2 Å². The van der Waals surface area contributed by atoms with Gasteiger partial charge in [-0.25, -0.2) is 9.59 Å². The monoisotopic (exact) mass is 499 g/mol. The van der Waals surface area contributed by atoms with Crippen molar-refractivity contribution in [2.45, 2.75) is 23.3 Å². The predicted molar refractivity (Wildman–Crippen MR) is 125 cm³/mol. The van der Waals surface area contributed by atoms with Crippen LogP contribution in [0.5, 0.6) is 5.75 Å². The van der Waals surface area contributed by atoms with Crippen LogP contribution in [0.15, 0.2) is 71.6 Å². The van der Waals surface area contributed by atoms with Gasteiger partial charge in [0.25, 0.3) is 0 Å². The third-order valence-electron chi connectivity index (χ3n) is 5.86. The molecular formula is C25H22FNO7S. The lowest BCUT2D eigenvalue weighted by Gasteiger charge is -2.18. The molecule has 1 unspecified atom stereocenters.